The highest BCUT2D eigenvalue weighted by atomic mass is 16.2. The van der Waals surface area contributed by atoms with Crippen LogP contribution >= 0.6 is 0 Å². The van der Waals surface area contributed by atoms with Crippen molar-refractivity contribution in [2.24, 2.45) is 0 Å². The molecular weight excluding hydrogens is 326 g/mol. The molecule has 6 heteroatoms. The van der Waals surface area contributed by atoms with Crippen molar-refractivity contribution in [2.75, 3.05) is 30.4 Å². The van der Waals surface area contributed by atoms with Crippen LogP contribution in [-0.4, -0.2) is 41.0 Å². The van der Waals surface area contributed by atoms with E-state index < -0.39 is 0 Å². The number of hydrogen-bond donors (Lipinski definition) is 1. The molecule has 2 aromatic rings. The number of rotatable bonds is 4. The van der Waals surface area contributed by atoms with Gasteiger partial charge in [-0.05, 0) is 38.0 Å². The molecule has 1 aliphatic rings. The minimum Gasteiger partial charge on any atom is -0.360 e. The molecule has 138 valence electrons. The van der Waals surface area contributed by atoms with Crippen molar-refractivity contribution in [3.63, 3.8) is 0 Å². The van der Waals surface area contributed by atoms with Crippen molar-refractivity contribution >= 4 is 17.5 Å². The van der Waals surface area contributed by atoms with E-state index in [9.17, 15) is 4.79 Å². The zero-order valence-corrected chi connectivity index (χ0v) is 16.0. The topological polar surface area (TPSA) is 61.4 Å². The van der Waals surface area contributed by atoms with Gasteiger partial charge in [-0.3, -0.25) is 0 Å². The summed E-state index contributed by atoms with van der Waals surface area (Å²) in [6.45, 7) is 8.20. The maximum Gasteiger partial charge on any atom is 0.322 e. The highest BCUT2D eigenvalue weighted by molar-refractivity contribution is 5.89. The Morgan fingerprint density at radius 3 is 2.62 bits per heavy atom. The van der Waals surface area contributed by atoms with Crippen molar-refractivity contribution in [2.45, 2.75) is 40.2 Å². The Kier molecular flexibility index (Phi) is 5.40. The van der Waals surface area contributed by atoms with Gasteiger partial charge in [0, 0.05) is 37.8 Å². The van der Waals surface area contributed by atoms with Crippen molar-refractivity contribution in [1.29, 1.82) is 0 Å². The van der Waals surface area contributed by atoms with Gasteiger partial charge in [0.25, 0.3) is 0 Å². The Labute approximate surface area is 155 Å². The van der Waals surface area contributed by atoms with E-state index in [-0.39, 0.29) is 6.03 Å². The first kappa shape index (κ1) is 18.2. The second-order valence-corrected chi connectivity index (χ2v) is 6.69. The number of carbonyl (C=O) groups is 1. The first-order valence-corrected chi connectivity index (χ1v) is 9.24. The lowest BCUT2D eigenvalue weighted by molar-refractivity contribution is 0.206. The molecule has 6 nitrogen and oxygen atoms in total. The van der Waals surface area contributed by atoms with Crippen LogP contribution in [0.25, 0.3) is 0 Å². The van der Waals surface area contributed by atoms with E-state index in [1.54, 1.807) is 0 Å². The summed E-state index contributed by atoms with van der Waals surface area (Å²) in [5, 5.41) is 3.00. The molecule has 1 N–H and O–H groups in total. The van der Waals surface area contributed by atoms with Gasteiger partial charge in [0.05, 0.1) is 12.2 Å². The molecule has 26 heavy (non-hydrogen) atoms. The number of carbonyl (C=O) groups excluding carboxylic acids is 1. The van der Waals surface area contributed by atoms with E-state index in [4.69, 9.17) is 0 Å². The van der Waals surface area contributed by atoms with Crippen LogP contribution in [0.1, 0.15) is 36.5 Å². The molecule has 0 saturated carbocycles. The lowest BCUT2D eigenvalue weighted by Gasteiger charge is -2.31. The number of nitrogens with zero attached hydrogens (tertiary/aromatic N) is 4. The van der Waals surface area contributed by atoms with E-state index in [0.717, 1.165) is 48.0 Å². The molecule has 0 spiro atoms. The van der Waals surface area contributed by atoms with Crippen molar-refractivity contribution in [1.82, 2.24) is 14.9 Å². The zero-order chi connectivity index (χ0) is 18.7. The lowest BCUT2D eigenvalue weighted by Crippen LogP contribution is -2.40. The smallest absolute Gasteiger partial charge is 0.322 e. The van der Waals surface area contributed by atoms with Gasteiger partial charge >= 0.3 is 6.03 Å². The molecule has 0 bridgehead atoms. The molecule has 0 unspecified atom stereocenters. The molecule has 0 saturated heterocycles. The summed E-state index contributed by atoms with van der Waals surface area (Å²) >= 11 is 0. The third kappa shape index (κ3) is 3.79. The summed E-state index contributed by atoms with van der Waals surface area (Å²) < 4.78 is 0. The van der Waals surface area contributed by atoms with E-state index in [0.29, 0.717) is 13.1 Å². The van der Waals surface area contributed by atoms with E-state index in [1.165, 1.54) is 5.56 Å². The molecule has 1 aromatic carbocycles. The first-order chi connectivity index (χ1) is 12.5. The largest absolute Gasteiger partial charge is 0.360 e. The number of fused-ring (bicyclic) bond motifs is 1. The van der Waals surface area contributed by atoms with Crippen LogP contribution in [0.3, 0.4) is 0 Å². The highest BCUT2D eigenvalue weighted by Gasteiger charge is 2.26. The van der Waals surface area contributed by atoms with Crippen LogP contribution in [0.4, 0.5) is 16.3 Å². The predicted molar refractivity (Wildman–Crippen MR) is 105 cm³/mol. The maximum absolute atomic E-state index is 12.7. The van der Waals surface area contributed by atoms with Crippen LogP contribution in [0.5, 0.6) is 0 Å². The average molecular weight is 353 g/mol. The Balaban J connectivity index is 1.77. The fourth-order valence-corrected chi connectivity index (χ4v) is 3.18. The van der Waals surface area contributed by atoms with Crippen molar-refractivity contribution in [3.8, 4) is 0 Å². The zero-order valence-electron chi connectivity index (χ0n) is 16.0. The standard InChI is InChI=1S/C20H27N5O/c1-5-15-7-9-16(10-8-15)23-20(26)25-12-11-18-17(13-25)19(24(4)6-2)22-14(3)21-18/h7-10H,5-6,11-13H2,1-4H3,(H,23,26). The van der Waals surface area contributed by atoms with Gasteiger partial charge in [-0.15, -0.1) is 0 Å². The molecule has 2 heterocycles. The van der Waals surface area contributed by atoms with E-state index in [2.05, 4.69) is 34.0 Å². The summed E-state index contributed by atoms with van der Waals surface area (Å²) in [5.41, 5.74) is 4.20. The van der Waals surface area contributed by atoms with Gasteiger partial charge in [0.2, 0.25) is 0 Å². The van der Waals surface area contributed by atoms with E-state index in [1.807, 2.05) is 43.1 Å². The second-order valence-electron chi connectivity index (χ2n) is 6.69. The van der Waals surface area contributed by atoms with E-state index >= 15 is 0 Å². The van der Waals surface area contributed by atoms with Crippen LogP contribution in [0, 0.1) is 6.92 Å². The molecular formula is C20H27N5O. The van der Waals surface area contributed by atoms with Gasteiger partial charge < -0.3 is 15.1 Å². The SMILES string of the molecule is CCc1ccc(NC(=O)N2CCc3nc(C)nc(N(C)CC)c3C2)cc1. The average Bonchev–Trinajstić information content (AvgIpc) is 2.66. The van der Waals surface area contributed by atoms with Crippen LogP contribution < -0.4 is 10.2 Å². The molecule has 0 aliphatic carbocycles. The maximum atomic E-state index is 12.7. The van der Waals surface area contributed by atoms with Crippen molar-refractivity contribution in [3.05, 3.63) is 46.9 Å². The quantitative estimate of drug-likeness (QED) is 0.915. The number of aromatic nitrogens is 2. The number of aryl methyl sites for hydroxylation is 2. The van der Waals surface area contributed by atoms with Gasteiger partial charge in [-0.1, -0.05) is 19.1 Å². The molecule has 1 aliphatic heterocycles. The fourth-order valence-electron chi connectivity index (χ4n) is 3.18. The number of nitrogens with one attached hydrogen (secondary N) is 1. The number of urea groups is 1. The molecule has 2 amide bonds. The monoisotopic (exact) mass is 353 g/mol. The normalized spacial score (nSPS) is 13.3. The minimum atomic E-state index is -0.0782. The predicted octanol–water partition coefficient (Wildman–Crippen LogP) is 3.39. The fraction of sp³-hybridized carbons (Fsp3) is 0.450. The summed E-state index contributed by atoms with van der Waals surface area (Å²) in [6.07, 6.45) is 1.75. The molecule has 0 radical (unpaired) electrons. The number of amides is 2. The number of hydrogen-bond acceptors (Lipinski definition) is 4. The summed E-state index contributed by atoms with van der Waals surface area (Å²) in [7, 11) is 2.02. The number of anilines is 2. The summed E-state index contributed by atoms with van der Waals surface area (Å²) in [4.78, 5) is 25.9. The van der Waals surface area contributed by atoms with Crippen molar-refractivity contribution < 1.29 is 4.79 Å². The Hall–Kier alpha value is -2.63. The van der Waals surface area contributed by atoms with Crippen LogP contribution in [0.2, 0.25) is 0 Å². The molecule has 1 aromatic heterocycles. The second kappa shape index (κ2) is 7.72. The number of benzene rings is 1. The Bertz CT molecular complexity index is 788. The van der Waals surface area contributed by atoms with Gasteiger partial charge in [-0.2, -0.15) is 0 Å². The summed E-state index contributed by atoms with van der Waals surface area (Å²) in [5.74, 6) is 1.72. The summed E-state index contributed by atoms with van der Waals surface area (Å²) in [6, 6.07) is 7.93. The molecule has 0 atom stereocenters. The van der Waals surface area contributed by atoms with Crippen LogP contribution in [0.15, 0.2) is 24.3 Å². The Morgan fingerprint density at radius 1 is 1.23 bits per heavy atom. The molecule has 0 fully saturated rings. The first-order valence-electron chi connectivity index (χ1n) is 9.24. The minimum absolute atomic E-state index is 0.0782. The third-order valence-electron chi connectivity index (χ3n) is 4.89. The molecule has 3 rings (SSSR count). The lowest BCUT2D eigenvalue weighted by atomic mass is 10.1. The van der Waals surface area contributed by atoms with Gasteiger partial charge in [-0.25, -0.2) is 14.8 Å². The highest BCUT2D eigenvalue weighted by Crippen LogP contribution is 2.26. The van der Waals surface area contributed by atoms with Gasteiger partial charge in [0.15, 0.2) is 0 Å². The third-order valence-corrected chi connectivity index (χ3v) is 4.89. The van der Waals surface area contributed by atoms with Crippen LogP contribution in [-0.2, 0) is 19.4 Å². The van der Waals surface area contributed by atoms with Gasteiger partial charge in [0.1, 0.15) is 11.6 Å². The Morgan fingerprint density at radius 2 is 1.96 bits per heavy atom.